The zero-order valence-corrected chi connectivity index (χ0v) is 13.1. The van der Waals surface area contributed by atoms with Crippen molar-refractivity contribution in [3.63, 3.8) is 0 Å². The molecule has 0 fully saturated rings. The van der Waals surface area contributed by atoms with Crippen molar-refractivity contribution in [1.29, 1.82) is 0 Å². The molecule has 1 heterocycles. The molecule has 2 aromatic rings. The number of thiocarbonyl (C=S) groups is 1. The van der Waals surface area contributed by atoms with Crippen LogP contribution in [0.15, 0.2) is 54.9 Å². The van der Waals surface area contributed by atoms with Gasteiger partial charge in [0.25, 0.3) is 0 Å². The van der Waals surface area contributed by atoms with E-state index in [-0.39, 0.29) is 5.76 Å². The van der Waals surface area contributed by atoms with Gasteiger partial charge in [-0.3, -0.25) is 0 Å². The third-order valence-electron chi connectivity index (χ3n) is 2.86. The first kappa shape index (κ1) is 15.5. The molecule has 0 bridgehead atoms. The van der Waals surface area contributed by atoms with Gasteiger partial charge in [-0.2, -0.15) is 4.57 Å². The van der Waals surface area contributed by atoms with Gasteiger partial charge in [0.1, 0.15) is 0 Å². The van der Waals surface area contributed by atoms with Gasteiger partial charge in [0.2, 0.25) is 5.70 Å². The molecule has 21 heavy (non-hydrogen) atoms. The monoisotopic (exact) mass is 318 g/mol. The van der Waals surface area contributed by atoms with Crippen molar-refractivity contribution in [2.45, 2.75) is 6.92 Å². The number of hydrogen-bond donors (Lipinski definition) is 1. The Labute approximate surface area is 134 Å². The van der Waals surface area contributed by atoms with Crippen molar-refractivity contribution in [2.75, 3.05) is 6.54 Å². The number of rotatable bonds is 4. The van der Waals surface area contributed by atoms with Gasteiger partial charge in [0, 0.05) is 23.7 Å². The lowest BCUT2D eigenvalue weighted by molar-refractivity contribution is -0.577. The molecular weight excluding hydrogens is 304 g/mol. The van der Waals surface area contributed by atoms with Gasteiger partial charge in [-0.25, -0.2) is 0 Å². The number of benzene rings is 1. The molecule has 5 heteroatoms. The largest absolute Gasteiger partial charge is 0.867 e. The van der Waals surface area contributed by atoms with E-state index in [2.05, 4.69) is 5.32 Å². The van der Waals surface area contributed by atoms with Gasteiger partial charge in [0.15, 0.2) is 17.4 Å². The Morgan fingerprint density at radius 1 is 1.19 bits per heavy atom. The summed E-state index contributed by atoms with van der Waals surface area (Å²) in [5, 5.41) is 16.2. The molecule has 0 spiro atoms. The topological polar surface area (TPSA) is 39.0 Å². The molecule has 0 unspecified atom stereocenters. The van der Waals surface area contributed by atoms with Gasteiger partial charge in [-0.05, 0) is 24.3 Å². The van der Waals surface area contributed by atoms with Crippen molar-refractivity contribution >= 4 is 40.3 Å². The second-order valence-corrected chi connectivity index (χ2v) is 5.12. The number of aromatic nitrogens is 1. The molecule has 1 aromatic carbocycles. The van der Waals surface area contributed by atoms with Crippen LogP contribution in [0.4, 0.5) is 0 Å². The van der Waals surface area contributed by atoms with Gasteiger partial charge in [-0.1, -0.05) is 48.1 Å². The second-order valence-electron chi connectivity index (χ2n) is 4.30. The van der Waals surface area contributed by atoms with Crippen LogP contribution >= 0.6 is 23.8 Å². The van der Waals surface area contributed by atoms with E-state index in [4.69, 9.17) is 23.8 Å². The summed E-state index contributed by atoms with van der Waals surface area (Å²) < 4.78 is 1.71. The molecule has 2 rings (SSSR count). The predicted molar refractivity (Wildman–Crippen MR) is 87.5 cm³/mol. The van der Waals surface area contributed by atoms with E-state index in [9.17, 15) is 5.11 Å². The molecule has 0 saturated heterocycles. The standard InChI is InChI=1S/C16H15ClN2OS/c1-2-18-16(21)14(19-10-6-3-7-11-19)15(20)12-8-4-5-9-13(12)17/h3-11H,2H2,1H3,(H-,18,20,21). The summed E-state index contributed by atoms with van der Waals surface area (Å²) in [6, 6.07) is 12.5. The average Bonchev–Trinajstić information content (AvgIpc) is 2.49. The SMILES string of the molecule is CCNC(=S)C(=C([O-])c1ccccc1Cl)[n+]1ccccc1. The van der Waals surface area contributed by atoms with Crippen molar-refractivity contribution in [1.82, 2.24) is 5.32 Å². The summed E-state index contributed by atoms with van der Waals surface area (Å²) in [7, 11) is 0. The van der Waals surface area contributed by atoms with Gasteiger partial charge < -0.3 is 10.4 Å². The summed E-state index contributed by atoms with van der Waals surface area (Å²) in [4.78, 5) is 0.401. The fraction of sp³-hybridized carbons (Fsp3) is 0.125. The summed E-state index contributed by atoms with van der Waals surface area (Å²) in [5.74, 6) is -0.206. The fourth-order valence-corrected chi connectivity index (χ4v) is 2.47. The molecule has 1 aromatic heterocycles. The Morgan fingerprint density at radius 3 is 2.48 bits per heavy atom. The van der Waals surface area contributed by atoms with Crippen LogP contribution in [0, 0.1) is 0 Å². The minimum Gasteiger partial charge on any atom is -0.867 e. The van der Waals surface area contributed by atoms with Crippen molar-refractivity contribution in [2.24, 2.45) is 0 Å². The number of pyridine rings is 1. The zero-order valence-electron chi connectivity index (χ0n) is 11.5. The van der Waals surface area contributed by atoms with Gasteiger partial charge >= 0.3 is 0 Å². The molecule has 0 atom stereocenters. The molecule has 0 aliphatic rings. The van der Waals surface area contributed by atoms with E-state index in [1.807, 2.05) is 25.1 Å². The van der Waals surface area contributed by atoms with Gasteiger partial charge in [-0.15, -0.1) is 0 Å². The lowest BCUT2D eigenvalue weighted by Gasteiger charge is -2.17. The Balaban J connectivity index is 2.61. The van der Waals surface area contributed by atoms with Crippen LogP contribution in [0.1, 0.15) is 12.5 Å². The highest BCUT2D eigenvalue weighted by Gasteiger charge is 2.18. The van der Waals surface area contributed by atoms with Crippen LogP contribution in [-0.2, 0) is 0 Å². The summed E-state index contributed by atoms with van der Waals surface area (Å²) in [5.41, 5.74) is 0.825. The summed E-state index contributed by atoms with van der Waals surface area (Å²) >= 11 is 11.5. The van der Waals surface area contributed by atoms with Crippen LogP contribution in [0.2, 0.25) is 5.02 Å². The summed E-state index contributed by atoms with van der Waals surface area (Å²) in [6.07, 6.45) is 3.57. The first-order valence-electron chi connectivity index (χ1n) is 6.56. The minimum absolute atomic E-state index is 0.206. The molecule has 0 aliphatic carbocycles. The maximum Gasteiger partial charge on any atom is 0.238 e. The molecule has 0 radical (unpaired) electrons. The van der Waals surface area contributed by atoms with Gasteiger partial charge in [0.05, 0.1) is 0 Å². The number of nitrogens with zero attached hydrogens (tertiary/aromatic N) is 1. The molecule has 3 nitrogen and oxygen atoms in total. The highest BCUT2D eigenvalue weighted by atomic mass is 35.5. The second kappa shape index (κ2) is 7.20. The summed E-state index contributed by atoms with van der Waals surface area (Å²) in [6.45, 7) is 2.57. The Kier molecular flexibility index (Phi) is 5.31. The van der Waals surface area contributed by atoms with Crippen LogP contribution in [0.25, 0.3) is 11.5 Å². The molecule has 0 amide bonds. The van der Waals surface area contributed by atoms with E-state index in [1.165, 1.54) is 0 Å². The van der Waals surface area contributed by atoms with Crippen LogP contribution in [-0.4, -0.2) is 11.5 Å². The van der Waals surface area contributed by atoms with Crippen molar-refractivity contribution in [3.05, 3.63) is 65.4 Å². The number of halogens is 1. The average molecular weight is 319 g/mol. The molecular formula is C16H15ClN2OS. The van der Waals surface area contributed by atoms with E-state index in [1.54, 1.807) is 41.2 Å². The molecule has 108 valence electrons. The Bertz CT molecular complexity index is 671. The highest BCUT2D eigenvalue weighted by Crippen LogP contribution is 2.22. The Hall–Kier alpha value is -1.91. The number of hydrogen-bond acceptors (Lipinski definition) is 2. The zero-order chi connectivity index (χ0) is 15.2. The normalized spacial score (nSPS) is 11.7. The van der Waals surface area contributed by atoms with Crippen LogP contribution in [0.3, 0.4) is 0 Å². The molecule has 0 aliphatic heterocycles. The first-order chi connectivity index (χ1) is 10.1. The van der Waals surface area contributed by atoms with Crippen molar-refractivity contribution in [3.8, 4) is 0 Å². The quantitative estimate of drug-likeness (QED) is 0.407. The van der Waals surface area contributed by atoms with E-state index < -0.39 is 0 Å². The maximum absolute atomic E-state index is 12.8. The van der Waals surface area contributed by atoms with E-state index in [0.717, 1.165) is 0 Å². The van der Waals surface area contributed by atoms with Crippen molar-refractivity contribution < 1.29 is 9.67 Å². The highest BCUT2D eigenvalue weighted by molar-refractivity contribution is 7.81. The smallest absolute Gasteiger partial charge is 0.238 e. The lowest BCUT2D eigenvalue weighted by Crippen LogP contribution is -2.42. The lowest BCUT2D eigenvalue weighted by atomic mass is 10.1. The fourth-order valence-electron chi connectivity index (χ4n) is 1.90. The molecule has 1 N–H and O–H groups in total. The van der Waals surface area contributed by atoms with E-state index >= 15 is 0 Å². The third-order valence-corrected chi connectivity index (χ3v) is 3.53. The number of nitrogens with one attached hydrogen (secondary N) is 1. The molecule has 0 saturated carbocycles. The third kappa shape index (κ3) is 3.60. The Morgan fingerprint density at radius 2 is 1.86 bits per heavy atom. The van der Waals surface area contributed by atoms with Crippen LogP contribution in [0.5, 0.6) is 0 Å². The van der Waals surface area contributed by atoms with E-state index in [0.29, 0.717) is 27.8 Å². The maximum atomic E-state index is 12.8. The number of likely N-dealkylation sites (N-methyl/N-ethyl adjacent to an activating group) is 1. The first-order valence-corrected chi connectivity index (χ1v) is 7.34. The minimum atomic E-state index is -0.206. The predicted octanol–water partition coefficient (Wildman–Crippen LogP) is 2.25. The van der Waals surface area contributed by atoms with Crippen LogP contribution < -0.4 is 15.0 Å².